The average molecular weight is 311 g/mol. The summed E-state index contributed by atoms with van der Waals surface area (Å²) in [5, 5.41) is 10.8. The van der Waals surface area contributed by atoms with Gasteiger partial charge in [-0.25, -0.2) is 0 Å². The van der Waals surface area contributed by atoms with E-state index in [4.69, 9.17) is 0 Å². The molecule has 0 aromatic heterocycles. The fourth-order valence-corrected chi connectivity index (χ4v) is 3.10. The maximum atomic E-state index is 10.8. The number of non-ortho nitro benzene ring substituents is 1. The standard InChI is InChI=1S/C18H21N3O2/c1-15-13-17(21(22)23)7-8-18(15)20-11-9-19(10-12-20)14-16-5-3-2-4-6-16/h2-8,13H,9-12,14H2,1H3. The van der Waals surface area contributed by atoms with Gasteiger partial charge in [-0.1, -0.05) is 30.3 Å². The van der Waals surface area contributed by atoms with Crippen LogP contribution in [0, 0.1) is 17.0 Å². The molecular weight excluding hydrogens is 290 g/mol. The molecule has 1 fully saturated rings. The molecule has 120 valence electrons. The van der Waals surface area contributed by atoms with Crippen LogP contribution in [0.15, 0.2) is 48.5 Å². The van der Waals surface area contributed by atoms with E-state index in [1.54, 1.807) is 12.1 Å². The molecule has 0 unspecified atom stereocenters. The van der Waals surface area contributed by atoms with Crippen LogP contribution in [0.4, 0.5) is 11.4 Å². The van der Waals surface area contributed by atoms with Gasteiger partial charge in [-0.15, -0.1) is 0 Å². The van der Waals surface area contributed by atoms with Gasteiger partial charge in [-0.3, -0.25) is 15.0 Å². The normalized spacial score (nSPS) is 15.6. The lowest BCUT2D eigenvalue weighted by Crippen LogP contribution is -2.46. The Bertz CT molecular complexity index is 680. The van der Waals surface area contributed by atoms with Gasteiger partial charge < -0.3 is 4.90 Å². The highest BCUT2D eigenvalue weighted by Crippen LogP contribution is 2.25. The van der Waals surface area contributed by atoms with Crippen LogP contribution >= 0.6 is 0 Å². The van der Waals surface area contributed by atoms with Crippen molar-refractivity contribution in [2.75, 3.05) is 31.1 Å². The van der Waals surface area contributed by atoms with Crippen LogP contribution < -0.4 is 4.90 Å². The Hall–Kier alpha value is -2.40. The van der Waals surface area contributed by atoms with Crippen molar-refractivity contribution < 1.29 is 4.92 Å². The number of rotatable bonds is 4. The zero-order valence-electron chi connectivity index (χ0n) is 13.3. The highest BCUT2D eigenvalue weighted by molar-refractivity contribution is 5.57. The molecule has 1 heterocycles. The lowest BCUT2D eigenvalue weighted by molar-refractivity contribution is -0.384. The van der Waals surface area contributed by atoms with Crippen molar-refractivity contribution in [1.82, 2.24) is 4.90 Å². The summed E-state index contributed by atoms with van der Waals surface area (Å²) < 4.78 is 0. The van der Waals surface area contributed by atoms with E-state index in [1.807, 2.05) is 19.1 Å². The fraction of sp³-hybridized carbons (Fsp3) is 0.333. The summed E-state index contributed by atoms with van der Waals surface area (Å²) in [6, 6.07) is 15.6. The summed E-state index contributed by atoms with van der Waals surface area (Å²) in [5.74, 6) is 0. The lowest BCUT2D eigenvalue weighted by Gasteiger charge is -2.36. The van der Waals surface area contributed by atoms with Crippen LogP contribution in [-0.2, 0) is 6.54 Å². The molecule has 5 nitrogen and oxygen atoms in total. The summed E-state index contributed by atoms with van der Waals surface area (Å²) >= 11 is 0. The predicted molar refractivity (Wildman–Crippen MR) is 91.8 cm³/mol. The highest BCUT2D eigenvalue weighted by atomic mass is 16.6. The Labute approximate surface area is 136 Å². The number of hydrogen-bond donors (Lipinski definition) is 0. The number of anilines is 1. The molecule has 1 aliphatic rings. The van der Waals surface area contributed by atoms with Crippen LogP contribution in [-0.4, -0.2) is 36.0 Å². The molecule has 0 saturated carbocycles. The van der Waals surface area contributed by atoms with E-state index in [-0.39, 0.29) is 10.6 Å². The number of hydrogen-bond acceptors (Lipinski definition) is 4. The van der Waals surface area contributed by atoms with E-state index in [0.29, 0.717) is 0 Å². The summed E-state index contributed by atoms with van der Waals surface area (Å²) in [7, 11) is 0. The second kappa shape index (κ2) is 6.79. The van der Waals surface area contributed by atoms with Crippen LogP contribution in [0.2, 0.25) is 0 Å². The number of piperazine rings is 1. The topological polar surface area (TPSA) is 49.6 Å². The van der Waals surface area contributed by atoms with Crippen LogP contribution in [0.3, 0.4) is 0 Å². The van der Waals surface area contributed by atoms with Crippen molar-refractivity contribution in [2.24, 2.45) is 0 Å². The second-order valence-electron chi connectivity index (χ2n) is 5.98. The number of nitro benzene ring substituents is 1. The van der Waals surface area contributed by atoms with Crippen molar-refractivity contribution in [2.45, 2.75) is 13.5 Å². The molecule has 0 atom stereocenters. The molecule has 0 bridgehead atoms. The third-order valence-electron chi connectivity index (χ3n) is 4.35. The minimum Gasteiger partial charge on any atom is -0.369 e. The molecule has 1 aliphatic heterocycles. The monoisotopic (exact) mass is 311 g/mol. The maximum absolute atomic E-state index is 10.8. The molecule has 0 spiro atoms. The first kappa shape index (κ1) is 15.5. The first-order valence-electron chi connectivity index (χ1n) is 7.90. The molecule has 1 saturated heterocycles. The van der Waals surface area contributed by atoms with Gasteiger partial charge in [0.15, 0.2) is 0 Å². The molecule has 0 aliphatic carbocycles. The Kier molecular flexibility index (Phi) is 4.57. The van der Waals surface area contributed by atoms with Crippen molar-refractivity contribution in [3.05, 3.63) is 69.8 Å². The predicted octanol–water partition coefficient (Wildman–Crippen LogP) is 3.23. The molecule has 0 amide bonds. The van der Waals surface area contributed by atoms with E-state index in [2.05, 4.69) is 34.1 Å². The van der Waals surface area contributed by atoms with Crippen LogP contribution in [0.5, 0.6) is 0 Å². The summed E-state index contributed by atoms with van der Waals surface area (Å²) in [6.45, 7) is 6.83. The fourth-order valence-electron chi connectivity index (χ4n) is 3.10. The molecule has 5 heteroatoms. The van der Waals surface area contributed by atoms with Gasteiger partial charge in [0.25, 0.3) is 5.69 Å². The molecule has 2 aromatic rings. The minimum atomic E-state index is -0.339. The second-order valence-corrected chi connectivity index (χ2v) is 5.98. The largest absolute Gasteiger partial charge is 0.369 e. The van der Waals surface area contributed by atoms with Gasteiger partial charge in [-0.2, -0.15) is 0 Å². The zero-order chi connectivity index (χ0) is 16.2. The maximum Gasteiger partial charge on any atom is 0.269 e. The third-order valence-corrected chi connectivity index (χ3v) is 4.35. The molecule has 23 heavy (non-hydrogen) atoms. The highest BCUT2D eigenvalue weighted by Gasteiger charge is 2.19. The van der Waals surface area contributed by atoms with E-state index >= 15 is 0 Å². The van der Waals surface area contributed by atoms with Crippen molar-refractivity contribution in [3.8, 4) is 0 Å². The zero-order valence-corrected chi connectivity index (χ0v) is 13.3. The first-order valence-corrected chi connectivity index (χ1v) is 7.90. The van der Waals surface area contributed by atoms with Crippen molar-refractivity contribution >= 4 is 11.4 Å². The van der Waals surface area contributed by atoms with E-state index in [0.717, 1.165) is 44.0 Å². The van der Waals surface area contributed by atoms with Gasteiger partial charge in [0.2, 0.25) is 0 Å². The van der Waals surface area contributed by atoms with Crippen molar-refractivity contribution in [3.63, 3.8) is 0 Å². The average Bonchev–Trinajstić information content (AvgIpc) is 2.56. The molecular formula is C18H21N3O2. The van der Waals surface area contributed by atoms with Gasteiger partial charge >= 0.3 is 0 Å². The molecule has 3 rings (SSSR count). The lowest BCUT2D eigenvalue weighted by atomic mass is 10.1. The Morgan fingerprint density at radius 1 is 1.04 bits per heavy atom. The molecule has 0 N–H and O–H groups in total. The Morgan fingerprint density at radius 2 is 1.74 bits per heavy atom. The Morgan fingerprint density at radius 3 is 2.35 bits per heavy atom. The number of benzene rings is 2. The number of aryl methyl sites for hydroxylation is 1. The number of nitrogens with zero attached hydrogens (tertiary/aromatic N) is 3. The van der Waals surface area contributed by atoms with E-state index < -0.39 is 0 Å². The van der Waals surface area contributed by atoms with Gasteiger partial charge in [0, 0.05) is 50.5 Å². The SMILES string of the molecule is Cc1cc([N+](=O)[O-])ccc1N1CCN(Cc2ccccc2)CC1. The first-order chi connectivity index (χ1) is 11.1. The number of nitro groups is 1. The van der Waals surface area contributed by atoms with Crippen molar-refractivity contribution in [1.29, 1.82) is 0 Å². The van der Waals surface area contributed by atoms with Gasteiger partial charge in [0.05, 0.1) is 4.92 Å². The molecule has 0 radical (unpaired) electrons. The third kappa shape index (κ3) is 3.68. The summed E-state index contributed by atoms with van der Waals surface area (Å²) in [6.07, 6.45) is 0. The summed E-state index contributed by atoms with van der Waals surface area (Å²) in [5.41, 5.74) is 3.58. The Balaban J connectivity index is 1.62. The molecule has 2 aromatic carbocycles. The quantitative estimate of drug-likeness (QED) is 0.642. The van der Waals surface area contributed by atoms with Crippen LogP contribution in [0.25, 0.3) is 0 Å². The van der Waals surface area contributed by atoms with E-state index in [1.165, 1.54) is 5.56 Å². The smallest absolute Gasteiger partial charge is 0.269 e. The van der Waals surface area contributed by atoms with Crippen LogP contribution in [0.1, 0.15) is 11.1 Å². The van der Waals surface area contributed by atoms with Gasteiger partial charge in [-0.05, 0) is 24.1 Å². The minimum absolute atomic E-state index is 0.161. The van der Waals surface area contributed by atoms with Gasteiger partial charge in [0.1, 0.15) is 0 Å². The van der Waals surface area contributed by atoms with E-state index in [9.17, 15) is 10.1 Å². The summed E-state index contributed by atoms with van der Waals surface area (Å²) in [4.78, 5) is 15.3.